The van der Waals surface area contributed by atoms with E-state index in [2.05, 4.69) is 32.0 Å². The molecule has 0 aliphatic rings. The Labute approximate surface area is 121 Å². The number of hydrogen-bond donors (Lipinski definition) is 1. The van der Waals surface area contributed by atoms with Crippen LogP contribution in [0.2, 0.25) is 0 Å². The molecule has 2 rings (SSSR count). The van der Waals surface area contributed by atoms with E-state index in [1.165, 1.54) is 16.7 Å². The average molecular weight is 270 g/mol. The smallest absolute Gasteiger partial charge is 0.119 e. The van der Waals surface area contributed by atoms with Crippen LogP contribution in [-0.2, 0) is 13.0 Å². The summed E-state index contributed by atoms with van der Waals surface area (Å²) in [6.45, 7) is 6.57. The molecule has 0 aliphatic heterocycles. The maximum Gasteiger partial charge on any atom is 0.119 e. The van der Waals surface area contributed by atoms with Gasteiger partial charge in [0.15, 0.2) is 0 Å². The predicted octanol–water partition coefficient (Wildman–Crippen LogP) is 3.81. The van der Waals surface area contributed by atoms with Gasteiger partial charge in [-0.05, 0) is 50.5 Å². The highest BCUT2D eigenvalue weighted by atomic mass is 16.5. The molecule has 2 heteroatoms. The molecule has 0 amide bonds. The van der Waals surface area contributed by atoms with Gasteiger partial charge in [-0.25, -0.2) is 0 Å². The highest BCUT2D eigenvalue weighted by Gasteiger charge is 2.01. The summed E-state index contributed by atoms with van der Waals surface area (Å²) in [7, 11) is 0. The molecule has 0 aromatic heterocycles. The predicted molar refractivity (Wildman–Crippen MR) is 82.1 cm³/mol. The zero-order valence-electron chi connectivity index (χ0n) is 12.4. The minimum Gasteiger partial charge on any atom is -0.489 e. The van der Waals surface area contributed by atoms with E-state index in [4.69, 9.17) is 4.74 Å². The minimum absolute atomic E-state index is 0.308. The largest absolute Gasteiger partial charge is 0.489 e. The molecule has 1 N–H and O–H groups in total. The zero-order chi connectivity index (χ0) is 14.5. The molecule has 0 heterocycles. The van der Waals surface area contributed by atoms with Gasteiger partial charge in [0, 0.05) is 0 Å². The van der Waals surface area contributed by atoms with Crippen molar-refractivity contribution in [3.05, 3.63) is 64.7 Å². The second-order valence-corrected chi connectivity index (χ2v) is 5.48. The normalized spacial score (nSPS) is 12.2. The van der Waals surface area contributed by atoms with Crippen LogP contribution >= 0.6 is 0 Å². The van der Waals surface area contributed by atoms with Gasteiger partial charge in [0.25, 0.3) is 0 Å². The summed E-state index contributed by atoms with van der Waals surface area (Å²) in [4.78, 5) is 0. The molecule has 0 fully saturated rings. The Balaban J connectivity index is 1.96. The second kappa shape index (κ2) is 6.58. The summed E-state index contributed by atoms with van der Waals surface area (Å²) < 4.78 is 5.80. The van der Waals surface area contributed by atoms with Crippen molar-refractivity contribution in [3.63, 3.8) is 0 Å². The van der Waals surface area contributed by atoms with Crippen LogP contribution in [-0.4, -0.2) is 11.2 Å². The van der Waals surface area contributed by atoms with E-state index in [1.54, 1.807) is 6.92 Å². The summed E-state index contributed by atoms with van der Waals surface area (Å²) in [5, 5.41) is 9.35. The van der Waals surface area contributed by atoms with Crippen molar-refractivity contribution >= 4 is 0 Å². The monoisotopic (exact) mass is 270 g/mol. The Morgan fingerprint density at radius 2 is 1.55 bits per heavy atom. The molecule has 20 heavy (non-hydrogen) atoms. The van der Waals surface area contributed by atoms with Crippen LogP contribution in [0.3, 0.4) is 0 Å². The minimum atomic E-state index is -0.308. The Bertz CT molecular complexity index is 536. The average Bonchev–Trinajstić information content (AvgIpc) is 2.36. The first-order chi connectivity index (χ1) is 9.52. The number of aliphatic hydroxyl groups is 1. The van der Waals surface area contributed by atoms with Crippen LogP contribution in [0.4, 0.5) is 0 Å². The molecule has 2 nitrogen and oxygen atoms in total. The Kier molecular flexibility index (Phi) is 4.80. The molecule has 0 spiro atoms. The van der Waals surface area contributed by atoms with Gasteiger partial charge >= 0.3 is 0 Å². The standard InChI is InChI=1S/C18H22O2/c1-13-8-14(2)10-17(9-13)12-20-18-6-4-16(5-7-18)11-15(3)19/h4-10,15,19H,11-12H2,1-3H3. The molecule has 0 aliphatic carbocycles. The number of ether oxygens (including phenoxy) is 1. The Morgan fingerprint density at radius 3 is 2.10 bits per heavy atom. The third-order valence-electron chi connectivity index (χ3n) is 3.14. The molecule has 0 radical (unpaired) electrons. The summed E-state index contributed by atoms with van der Waals surface area (Å²) >= 11 is 0. The van der Waals surface area contributed by atoms with Crippen LogP contribution in [0.1, 0.15) is 29.2 Å². The third-order valence-corrected chi connectivity index (χ3v) is 3.14. The third kappa shape index (κ3) is 4.39. The fraction of sp³-hybridized carbons (Fsp3) is 0.333. The summed E-state index contributed by atoms with van der Waals surface area (Å²) in [6, 6.07) is 14.4. The van der Waals surface area contributed by atoms with Crippen LogP contribution in [0, 0.1) is 13.8 Å². The SMILES string of the molecule is Cc1cc(C)cc(COc2ccc(CC(C)O)cc2)c1. The molecule has 1 unspecified atom stereocenters. The number of rotatable bonds is 5. The van der Waals surface area contributed by atoms with Gasteiger partial charge in [-0.3, -0.25) is 0 Å². The van der Waals surface area contributed by atoms with Crippen molar-refractivity contribution in [2.45, 2.75) is 39.9 Å². The summed E-state index contributed by atoms with van der Waals surface area (Å²) in [5.41, 5.74) is 4.83. The number of aryl methyl sites for hydroxylation is 2. The van der Waals surface area contributed by atoms with E-state index in [1.807, 2.05) is 24.3 Å². The lowest BCUT2D eigenvalue weighted by molar-refractivity contribution is 0.195. The molecular formula is C18H22O2. The van der Waals surface area contributed by atoms with Gasteiger partial charge in [-0.2, -0.15) is 0 Å². The number of benzene rings is 2. The molecule has 1 atom stereocenters. The van der Waals surface area contributed by atoms with Crippen molar-refractivity contribution in [2.24, 2.45) is 0 Å². The van der Waals surface area contributed by atoms with Crippen LogP contribution in [0.5, 0.6) is 5.75 Å². The maximum atomic E-state index is 9.35. The van der Waals surface area contributed by atoms with Gasteiger partial charge in [0.05, 0.1) is 6.10 Å². The second-order valence-electron chi connectivity index (χ2n) is 5.48. The van der Waals surface area contributed by atoms with Crippen molar-refractivity contribution < 1.29 is 9.84 Å². The van der Waals surface area contributed by atoms with E-state index in [0.29, 0.717) is 13.0 Å². The van der Waals surface area contributed by atoms with E-state index < -0.39 is 0 Å². The van der Waals surface area contributed by atoms with Gasteiger partial charge < -0.3 is 9.84 Å². The topological polar surface area (TPSA) is 29.5 Å². The van der Waals surface area contributed by atoms with E-state index in [-0.39, 0.29) is 6.10 Å². The Hall–Kier alpha value is -1.80. The van der Waals surface area contributed by atoms with E-state index in [9.17, 15) is 5.11 Å². The van der Waals surface area contributed by atoms with Crippen molar-refractivity contribution in [1.82, 2.24) is 0 Å². The summed E-state index contributed by atoms with van der Waals surface area (Å²) in [5.74, 6) is 0.860. The van der Waals surface area contributed by atoms with Crippen molar-refractivity contribution in [1.29, 1.82) is 0 Å². The zero-order valence-corrected chi connectivity index (χ0v) is 12.4. The van der Waals surface area contributed by atoms with Gasteiger partial charge in [-0.1, -0.05) is 41.5 Å². The van der Waals surface area contributed by atoms with Crippen molar-refractivity contribution in [3.8, 4) is 5.75 Å². The van der Waals surface area contributed by atoms with E-state index >= 15 is 0 Å². The Morgan fingerprint density at radius 1 is 0.950 bits per heavy atom. The molecule has 2 aromatic rings. The highest BCUT2D eigenvalue weighted by molar-refractivity contribution is 5.30. The molecular weight excluding hydrogens is 248 g/mol. The lowest BCUT2D eigenvalue weighted by atomic mass is 10.1. The number of aliphatic hydroxyl groups excluding tert-OH is 1. The fourth-order valence-corrected chi connectivity index (χ4v) is 2.38. The van der Waals surface area contributed by atoms with Crippen molar-refractivity contribution in [2.75, 3.05) is 0 Å². The highest BCUT2D eigenvalue weighted by Crippen LogP contribution is 2.16. The van der Waals surface area contributed by atoms with Crippen LogP contribution in [0.15, 0.2) is 42.5 Å². The van der Waals surface area contributed by atoms with Crippen LogP contribution in [0.25, 0.3) is 0 Å². The van der Waals surface area contributed by atoms with Gasteiger partial charge in [-0.15, -0.1) is 0 Å². The van der Waals surface area contributed by atoms with Crippen LogP contribution < -0.4 is 4.74 Å². The van der Waals surface area contributed by atoms with E-state index in [0.717, 1.165) is 11.3 Å². The van der Waals surface area contributed by atoms with Gasteiger partial charge in [0.2, 0.25) is 0 Å². The molecule has 106 valence electrons. The first kappa shape index (κ1) is 14.6. The fourth-order valence-electron chi connectivity index (χ4n) is 2.38. The first-order valence-corrected chi connectivity index (χ1v) is 7.00. The maximum absolute atomic E-state index is 9.35. The molecule has 0 bridgehead atoms. The lowest BCUT2D eigenvalue weighted by Gasteiger charge is -2.09. The lowest BCUT2D eigenvalue weighted by Crippen LogP contribution is -2.04. The quantitative estimate of drug-likeness (QED) is 0.895. The molecule has 0 saturated carbocycles. The molecule has 2 aromatic carbocycles. The molecule has 0 saturated heterocycles. The number of hydrogen-bond acceptors (Lipinski definition) is 2. The first-order valence-electron chi connectivity index (χ1n) is 7.00. The van der Waals surface area contributed by atoms with Gasteiger partial charge in [0.1, 0.15) is 12.4 Å². The summed E-state index contributed by atoms with van der Waals surface area (Å²) in [6.07, 6.45) is 0.370.